The molecule has 4 N–H and O–H groups in total. The first-order chi connectivity index (χ1) is 14.9. The van der Waals surface area contributed by atoms with Crippen molar-refractivity contribution in [2.24, 2.45) is 5.11 Å². The van der Waals surface area contributed by atoms with Crippen LogP contribution in [0.1, 0.15) is 18.2 Å². The second kappa shape index (κ2) is 9.98. The maximum Gasteiger partial charge on any atom is 0.383 e. The summed E-state index contributed by atoms with van der Waals surface area (Å²) in [5, 5.41) is 3.46. The van der Waals surface area contributed by atoms with Crippen LogP contribution in [-0.2, 0) is 27.3 Å². The molecule has 2 heterocycles. The second-order valence-electron chi connectivity index (χ2n) is 6.61. The van der Waals surface area contributed by atoms with Gasteiger partial charge in [0.25, 0.3) is 13.0 Å². The average Bonchev–Trinajstić information content (AvgIpc) is 3.04. The van der Waals surface area contributed by atoms with Gasteiger partial charge in [-0.15, -0.1) is 0 Å². The van der Waals surface area contributed by atoms with Crippen molar-refractivity contribution in [1.82, 2.24) is 9.55 Å². The van der Waals surface area contributed by atoms with Gasteiger partial charge in [-0.2, -0.15) is 0 Å². The van der Waals surface area contributed by atoms with Gasteiger partial charge in [0.05, 0.1) is 18.8 Å². The minimum Gasteiger partial charge on any atom is -0.352 e. The zero-order chi connectivity index (χ0) is 25.4. The van der Waals surface area contributed by atoms with Gasteiger partial charge in [0, 0.05) is 23.1 Å². The molecule has 22 heteroatoms. The molecule has 0 saturated carbocycles. The predicted molar refractivity (Wildman–Crippen MR) is 114 cm³/mol. The highest BCUT2D eigenvalue weighted by molar-refractivity contribution is 7.88. The first kappa shape index (κ1) is 28.3. The smallest absolute Gasteiger partial charge is 0.352 e. The van der Waals surface area contributed by atoms with Crippen LogP contribution in [0.3, 0.4) is 0 Å². The molecule has 2 radical (unpaired) electrons. The average molecular weight is 568 g/mol. The third-order valence-electron chi connectivity index (χ3n) is 4.19. The van der Waals surface area contributed by atoms with E-state index in [1.54, 1.807) is 0 Å². The van der Waals surface area contributed by atoms with Crippen molar-refractivity contribution in [2.45, 2.75) is 35.5 Å². The third kappa shape index (κ3) is 6.40. The van der Waals surface area contributed by atoms with Crippen LogP contribution in [0.2, 0.25) is 0 Å². The van der Waals surface area contributed by atoms with Crippen molar-refractivity contribution < 1.29 is 41.9 Å². The van der Waals surface area contributed by atoms with Crippen molar-refractivity contribution in [1.29, 1.82) is 0 Å². The Balaban J connectivity index is 2.19. The lowest BCUT2D eigenvalue weighted by molar-refractivity contribution is -0.0230. The molecule has 0 bridgehead atoms. The second-order valence-corrected chi connectivity index (χ2v) is 14.8. The number of hydrogen-bond donors (Lipinski definition) is 4. The summed E-state index contributed by atoms with van der Waals surface area (Å²) in [7, 11) is -11.3. The van der Waals surface area contributed by atoms with E-state index < -0.39 is 62.7 Å². The number of nitrogens with zero attached hydrogens (tertiary/aromatic N) is 4. The van der Waals surface area contributed by atoms with Crippen molar-refractivity contribution in [2.75, 3.05) is 6.61 Å². The molecule has 1 saturated heterocycles. The Morgan fingerprint density at radius 2 is 2.00 bits per heavy atom. The lowest BCUT2D eigenvalue weighted by atomic mass is 10.1. The van der Waals surface area contributed by atoms with Gasteiger partial charge in [-0.1, -0.05) is 28.3 Å². The largest absolute Gasteiger partial charge is 0.383 e. The molecule has 2 rings (SSSR count). The Labute approximate surface area is 195 Å². The molecule has 0 aromatic carbocycles. The number of aromatic amines is 1. The predicted octanol–water partition coefficient (Wildman–Crippen LogP) is 1.57. The molecule has 0 spiro atoms. The standard InChI is InChI=1S/C11H15BCl2N5O11P3/c1-5-3-19(10(21)16-9(5)20)8-2-6(17-18-15)7(29-8)4-28-33(12,27)30-32(25,26)11(13,14)31(22,23)24/h3,6-8H,2,4H2,1H3,(H,25,26)(H,16,20,21)(H2,22,23,24)/t6?,7-,8-,33?/m0/s1. The van der Waals surface area contributed by atoms with Crippen LogP contribution in [0.25, 0.3) is 10.4 Å². The van der Waals surface area contributed by atoms with Gasteiger partial charge in [0.2, 0.25) is 7.57 Å². The summed E-state index contributed by atoms with van der Waals surface area (Å²) in [6.45, 7) is 0.633. The Morgan fingerprint density at radius 1 is 1.39 bits per heavy atom. The summed E-state index contributed by atoms with van der Waals surface area (Å²) in [5.41, 5.74) is 7.47. The number of halogens is 2. The van der Waals surface area contributed by atoms with Crippen LogP contribution >= 0.6 is 45.9 Å². The number of alkyl halides is 2. The van der Waals surface area contributed by atoms with E-state index in [0.29, 0.717) is 0 Å². The molecule has 0 amide bonds. The molecular formula is C11H15BCl2N5O11P3. The van der Waals surface area contributed by atoms with Crippen LogP contribution in [0.15, 0.2) is 20.9 Å². The first-order valence-electron chi connectivity index (χ1n) is 8.44. The fourth-order valence-corrected chi connectivity index (χ4v) is 6.96. The van der Waals surface area contributed by atoms with Gasteiger partial charge in [0.15, 0.2) is 0 Å². The van der Waals surface area contributed by atoms with E-state index in [-0.39, 0.29) is 12.0 Å². The summed E-state index contributed by atoms with van der Waals surface area (Å²) >= 11 is 10.4. The fraction of sp³-hybridized carbons (Fsp3) is 0.636. The molecule has 1 aromatic heterocycles. The van der Waals surface area contributed by atoms with E-state index >= 15 is 0 Å². The van der Waals surface area contributed by atoms with Gasteiger partial charge in [0.1, 0.15) is 6.23 Å². The topological polar surface area (TPSA) is 243 Å². The molecule has 1 aromatic rings. The number of aryl methyl sites for hydroxylation is 1. The lowest BCUT2D eigenvalue weighted by Gasteiger charge is -2.28. The third-order valence-corrected chi connectivity index (χ3v) is 12.0. The molecule has 3 unspecified atom stereocenters. The monoisotopic (exact) mass is 567 g/mol. The minimum absolute atomic E-state index is 0.0949. The molecule has 1 aliphatic rings. The molecule has 33 heavy (non-hydrogen) atoms. The van der Waals surface area contributed by atoms with Crippen molar-refractivity contribution in [3.63, 3.8) is 0 Å². The quantitative estimate of drug-likeness (QED) is 0.0832. The van der Waals surface area contributed by atoms with E-state index in [4.69, 9.17) is 55.3 Å². The van der Waals surface area contributed by atoms with E-state index in [2.05, 4.69) is 19.3 Å². The Morgan fingerprint density at radius 3 is 2.55 bits per heavy atom. The fourth-order valence-electron chi connectivity index (χ4n) is 2.59. The van der Waals surface area contributed by atoms with Gasteiger partial charge in [-0.05, 0) is 12.5 Å². The molecule has 5 atom stereocenters. The number of ether oxygens (including phenoxy) is 1. The number of hydrogen-bond acceptors (Lipinski definition) is 9. The zero-order valence-corrected chi connectivity index (χ0v) is 20.5. The van der Waals surface area contributed by atoms with Crippen LogP contribution in [0.4, 0.5) is 0 Å². The minimum atomic E-state index is -5.75. The van der Waals surface area contributed by atoms with Crippen molar-refractivity contribution in [3.8, 4) is 0 Å². The number of rotatable bonds is 9. The summed E-state index contributed by atoms with van der Waals surface area (Å²) in [4.78, 5) is 56.0. The zero-order valence-electron chi connectivity index (χ0n) is 16.3. The van der Waals surface area contributed by atoms with Crippen molar-refractivity contribution >= 4 is 53.4 Å². The van der Waals surface area contributed by atoms with Crippen LogP contribution in [0.5, 0.6) is 0 Å². The summed E-state index contributed by atoms with van der Waals surface area (Å²) in [6.07, 6.45) is -1.18. The summed E-state index contributed by atoms with van der Waals surface area (Å²) in [5.74, 6) is 0. The van der Waals surface area contributed by atoms with Crippen molar-refractivity contribution in [3.05, 3.63) is 43.0 Å². The molecule has 16 nitrogen and oxygen atoms in total. The van der Waals surface area contributed by atoms with E-state index in [9.17, 15) is 28.2 Å². The summed E-state index contributed by atoms with van der Waals surface area (Å²) < 4.78 is 47.3. The van der Waals surface area contributed by atoms with Gasteiger partial charge in [-0.3, -0.25) is 28.0 Å². The summed E-state index contributed by atoms with van der Waals surface area (Å²) in [6, 6.07) is -1.02. The number of H-pyrrole nitrogens is 1. The Bertz CT molecular complexity index is 1230. The Kier molecular flexibility index (Phi) is 8.57. The van der Waals surface area contributed by atoms with Crippen LogP contribution < -0.4 is 11.2 Å². The van der Waals surface area contributed by atoms with E-state index in [0.717, 1.165) is 4.57 Å². The van der Waals surface area contributed by atoms with E-state index in [1.165, 1.54) is 13.1 Å². The highest BCUT2D eigenvalue weighted by atomic mass is 35.5. The maximum absolute atomic E-state index is 12.3. The number of nitrogens with one attached hydrogen (secondary N) is 1. The van der Waals surface area contributed by atoms with Gasteiger partial charge in [-0.25, -0.2) is 9.11 Å². The highest BCUT2D eigenvalue weighted by Gasteiger charge is 2.61. The molecule has 1 fully saturated rings. The maximum atomic E-state index is 12.3. The van der Waals surface area contributed by atoms with Crippen LogP contribution in [-0.4, -0.2) is 54.4 Å². The highest BCUT2D eigenvalue weighted by Crippen LogP contribution is 2.79. The molecule has 0 aliphatic carbocycles. The van der Waals surface area contributed by atoms with E-state index in [1.807, 2.05) is 0 Å². The Hall–Kier alpha value is -0.915. The van der Waals surface area contributed by atoms with Gasteiger partial charge < -0.3 is 23.9 Å². The lowest BCUT2D eigenvalue weighted by Crippen LogP contribution is -2.33. The van der Waals surface area contributed by atoms with Crippen LogP contribution in [0, 0.1) is 6.92 Å². The molecule has 182 valence electrons. The van der Waals surface area contributed by atoms with Gasteiger partial charge >= 0.3 is 24.7 Å². The SMILES string of the molecule is [B]P(=O)(OC[C@@H]1O[C@H](n2cc(C)c(=O)[nH]c2=O)CC1N=[N+]=[N-])OP(=O)(O)C(Cl)(Cl)P(=O)(O)O. The molecule has 1 aliphatic heterocycles. The normalized spacial score (nSPS) is 25.1. The number of aromatic nitrogens is 2. The molecular weight excluding hydrogens is 553 g/mol. The first-order valence-corrected chi connectivity index (χ1v) is 14.0. The number of azide groups is 1.